The number of esters is 1. The summed E-state index contributed by atoms with van der Waals surface area (Å²) in [6.07, 6.45) is 3.30. The first-order valence-electron chi connectivity index (χ1n) is 7.65. The quantitative estimate of drug-likeness (QED) is 0.793. The summed E-state index contributed by atoms with van der Waals surface area (Å²) >= 11 is 0. The average molecular weight is 340 g/mol. The van der Waals surface area contributed by atoms with Gasteiger partial charge in [-0.05, 0) is 29.8 Å². The first-order chi connectivity index (χ1) is 12.1. The number of ether oxygens (including phenoxy) is 2. The van der Waals surface area contributed by atoms with Crippen molar-refractivity contribution in [3.05, 3.63) is 71.4 Å². The van der Waals surface area contributed by atoms with Crippen LogP contribution in [0.4, 0.5) is 4.79 Å². The molecule has 0 bridgehead atoms. The normalized spacial score (nSPS) is 10.3. The van der Waals surface area contributed by atoms with Crippen LogP contribution >= 0.6 is 0 Å². The molecular weight excluding hydrogens is 320 g/mol. The summed E-state index contributed by atoms with van der Waals surface area (Å²) in [7, 11) is 2.93. The molecule has 0 spiro atoms. The van der Waals surface area contributed by atoms with Crippen LogP contribution in [-0.4, -0.2) is 26.2 Å². The highest BCUT2D eigenvalue weighted by Crippen LogP contribution is 2.18. The Balaban J connectivity index is 1.82. The van der Waals surface area contributed by atoms with Crippen LogP contribution in [0.3, 0.4) is 0 Å². The van der Waals surface area contributed by atoms with Gasteiger partial charge in [0.1, 0.15) is 5.75 Å². The summed E-state index contributed by atoms with van der Waals surface area (Å²) < 4.78 is 9.87. The molecule has 6 nitrogen and oxygen atoms in total. The number of para-hydroxylation sites is 1. The number of carbonyl (C=O) groups is 2. The van der Waals surface area contributed by atoms with Crippen LogP contribution in [0.2, 0.25) is 0 Å². The topological polar surface area (TPSA) is 76.7 Å². The molecule has 130 valence electrons. The minimum atomic E-state index is -0.390. The Labute approximate surface area is 146 Å². The largest absolute Gasteiger partial charge is 0.496 e. The fourth-order valence-corrected chi connectivity index (χ4v) is 2.12. The van der Waals surface area contributed by atoms with Gasteiger partial charge in [0, 0.05) is 18.3 Å². The van der Waals surface area contributed by atoms with E-state index >= 15 is 0 Å². The van der Waals surface area contributed by atoms with E-state index in [-0.39, 0.29) is 6.03 Å². The monoisotopic (exact) mass is 340 g/mol. The first kappa shape index (κ1) is 18.1. The minimum absolute atomic E-state index is 0.330. The van der Waals surface area contributed by atoms with E-state index in [0.717, 1.165) is 16.9 Å². The number of hydrogen-bond acceptors (Lipinski definition) is 4. The lowest BCUT2D eigenvalue weighted by atomic mass is 10.1. The van der Waals surface area contributed by atoms with E-state index in [1.54, 1.807) is 43.7 Å². The second-order valence-corrected chi connectivity index (χ2v) is 5.09. The Kier molecular flexibility index (Phi) is 6.59. The SMILES string of the molecule is COC(=O)c1ccc(CNC(=O)N/C=C/c2ccccc2OC)cc1. The third-order valence-electron chi connectivity index (χ3n) is 3.44. The van der Waals surface area contributed by atoms with Gasteiger partial charge in [-0.15, -0.1) is 0 Å². The van der Waals surface area contributed by atoms with Crippen molar-refractivity contribution in [3.8, 4) is 5.75 Å². The minimum Gasteiger partial charge on any atom is -0.496 e. The number of benzene rings is 2. The zero-order chi connectivity index (χ0) is 18.1. The first-order valence-corrected chi connectivity index (χ1v) is 7.65. The van der Waals surface area contributed by atoms with Crippen molar-refractivity contribution in [3.63, 3.8) is 0 Å². The third kappa shape index (κ3) is 5.39. The molecule has 0 atom stereocenters. The molecule has 0 aliphatic heterocycles. The van der Waals surface area contributed by atoms with Gasteiger partial charge >= 0.3 is 12.0 Å². The fraction of sp³-hybridized carbons (Fsp3) is 0.158. The van der Waals surface area contributed by atoms with Crippen LogP contribution in [-0.2, 0) is 11.3 Å². The molecule has 0 saturated heterocycles. The molecule has 0 aromatic heterocycles. The van der Waals surface area contributed by atoms with Crippen LogP contribution in [0.1, 0.15) is 21.5 Å². The van der Waals surface area contributed by atoms with Gasteiger partial charge in [-0.25, -0.2) is 9.59 Å². The van der Waals surface area contributed by atoms with Crippen LogP contribution in [0.15, 0.2) is 54.7 Å². The second kappa shape index (κ2) is 9.12. The van der Waals surface area contributed by atoms with E-state index in [2.05, 4.69) is 15.4 Å². The summed E-state index contributed by atoms with van der Waals surface area (Å²) in [6.45, 7) is 0.343. The summed E-state index contributed by atoms with van der Waals surface area (Å²) in [5.74, 6) is 0.338. The summed E-state index contributed by atoms with van der Waals surface area (Å²) in [5, 5.41) is 5.36. The number of rotatable bonds is 6. The lowest BCUT2D eigenvalue weighted by Gasteiger charge is -2.06. The Hall–Kier alpha value is -3.28. The highest BCUT2D eigenvalue weighted by atomic mass is 16.5. The van der Waals surface area contributed by atoms with Gasteiger partial charge in [-0.2, -0.15) is 0 Å². The third-order valence-corrected chi connectivity index (χ3v) is 3.44. The molecule has 25 heavy (non-hydrogen) atoms. The summed E-state index contributed by atoms with van der Waals surface area (Å²) in [4.78, 5) is 23.2. The molecule has 2 rings (SSSR count). The Morgan fingerprint density at radius 2 is 1.76 bits per heavy atom. The lowest BCUT2D eigenvalue weighted by molar-refractivity contribution is 0.0600. The Morgan fingerprint density at radius 1 is 1.04 bits per heavy atom. The molecule has 2 aromatic carbocycles. The molecule has 0 heterocycles. The number of methoxy groups -OCH3 is 2. The molecule has 2 N–H and O–H groups in total. The van der Waals surface area contributed by atoms with Crippen LogP contribution < -0.4 is 15.4 Å². The molecule has 6 heteroatoms. The van der Waals surface area contributed by atoms with Gasteiger partial charge in [0.25, 0.3) is 0 Å². The van der Waals surface area contributed by atoms with Crippen molar-refractivity contribution < 1.29 is 19.1 Å². The van der Waals surface area contributed by atoms with Gasteiger partial charge in [0.15, 0.2) is 0 Å². The predicted octanol–water partition coefficient (Wildman–Crippen LogP) is 2.95. The smallest absolute Gasteiger partial charge is 0.337 e. The second-order valence-electron chi connectivity index (χ2n) is 5.09. The maximum Gasteiger partial charge on any atom is 0.337 e. The molecule has 0 fully saturated rings. The molecule has 0 radical (unpaired) electrons. The molecular formula is C19H20N2O4. The molecule has 2 amide bonds. The van der Waals surface area contributed by atoms with Gasteiger partial charge in [-0.3, -0.25) is 0 Å². The van der Waals surface area contributed by atoms with Gasteiger partial charge < -0.3 is 20.1 Å². The molecule has 0 aliphatic rings. The van der Waals surface area contributed by atoms with Crippen LogP contribution in [0.25, 0.3) is 6.08 Å². The van der Waals surface area contributed by atoms with Crippen molar-refractivity contribution in [1.82, 2.24) is 10.6 Å². The standard InChI is InChI=1S/C19H20N2O4/c1-24-17-6-4-3-5-15(17)11-12-20-19(23)21-13-14-7-9-16(10-8-14)18(22)25-2/h3-12H,13H2,1-2H3,(H2,20,21,23)/b12-11+. The van der Waals surface area contributed by atoms with Gasteiger partial charge in [-0.1, -0.05) is 30.3 Å². The van der Waals surface area contributed by atoms with E-state index in [4.69, 9.17) is 4.74 Å². The van der Waals surface area contributed by atoms with Crippen molar-refractivity contribution in [2.75, 3.05) is 14.2 Å². The van der Waals surface area contributed by atoms with Gasteiger partial charge in [0.2, 0.25) is 0 Å². The van der Waals surface area contributed by atoms with Crippen molar-refractivity contribution in [2.24, 2.45) is 0 Å². The van der Waals surface area contributed by atoms with Crippen LogP contribution in [0.5, 0.6) is 5.75 Å². The zero-order valence-corrected chi connectivity index (χ0v) is 14.1. The number of carbonyl (C=O) groups excluding carboxylic acids is 2. The Morgan fingerprint density at radius 3 is 2.44 bits per heavy atom. The van der Waals surface area contributed by atoms with Crippen molar-refractivity contribution in [2.45, 2.75) is 6.54 Å². The van der Waals surface area contributed by atoms with Crippen molar-refractivity contribution >= 4 is 18.1 Å². The lowest BCUT2D eigenvalue weighted by Crippen LogP contribution is -2.31. The highest BCUT2D eigenvalue weighted by molar-refractivity contribution is 5.89. The number of amides is 2. The van der Waals surface area contributed by atoms with Gasteiger partial charge in [0.05, 0.1) is 19.8 Å². The molecule has 0 saturated carbocycles. The summed E-state index contributed by atoms with van der Waals surface area (Å²) in [6, 6.07) is 14.0. The predicted molar refractivity (Wildman–Crippen MR) is 95.2 cm³/mol. The molecule has 0 aliphatic carbocycles. The van der Waals surface area contributed by atoms with Crippen LogP contribution in [0, 0.1) is 0 Å². The number of nitrogens with one attached hydrogen (secondary N) is 2. The van der Waals surface area contributed by atoms with E-state index in [1.807, 2.05) is 24.3 Å². The summed E-state index contributed by atoms with van der Waals surface area (Å²) in [5.41, 5.74) is 2.20. The van der Waals surface area contributed by atoms with E-state index in [0.29, 0.717) is 12.1 Å². The maximum atomic E-state index is 11.8. The van der Waals surface area contributed by atoms with Crippen molar-refractivity contribution in [1.29, 1.82) is 0 Å². The molecule has 2 aromatic rings. The number of urea groups is 1. The Bertz CT molecular complexity index is 754. The van der Waals surface area contributed by atoms with E-state index < -0.39 is 5.97 Å². The van der Waals surface area contributed by atoms with E-state index in [1.165, 1.54) is 7.11 Å². The zero-order valence-electron chi connectivity index (χ0n) is 14.1. The highest BCUT2D eigenvalue weighted by Gasteiger charge is 2.05. The molecule has 0 unspecified atom stereocenters. The maximum absolute atomic E-state index is 11.8. The number of hydrogen-bond donors (Lipinski definition) is 2. The fourth-order valence-electron chi connectivity index (χ4n) is 2.12. The average Bonchev–Trinajstić information content (AvgIpc) is 2.66. The van der Waals surface area contributed by atoms with E-state index in [9.17, 15) is 9.59 Å².